The van der Waals surface area contributed by atoms with Gasteiger partial charge < -0.3 is 9.53 Å². The van der Waals surface area contributed by atoms with E-state index in [-0.39, 0.29) is 5.60 Å². The molecule has 1 rings (SSSR count). The lowest BCUT2D eigenvalue weighted by molar-refractivity contribution is -0.107. The first-order valence-corrected chi connectivity index (χ1v) is 4.73. The summed E-state index contributed by atoms with van der Waals surface area (Å²) in [4.78, 5) is 10.3. The van der Waals surface area contributed by atoms with Crippen LogP contribution in [0.25, 0.3) is 0 Å². The van der Waals surface area contributed by atoms with Gasteiger partial charge in [-0.25, -0.2) is 0 Å². The third kappa shape index (κ3) is 3.60. The van der Waals surface area contributed by atoms with Crippen molar-refractivity contribution in [1.29, 1.82) is 0 Å². The second-order valence-electron chi connectivity index (χ2n) is 4.23. The van der Waals surface area contributed by atoms with Gasteiger partial charge in [-0.1, -0.05) is 12.1 Å². The van der Waals surface area contributed by atoms with Crippen molar-refractivity contribution in [3.63, 3.8) is 0 Å². The van der Waals surface area contributed by atoms with Gasteiger partial charge in [0.1, 0.15) is 17.6 Å². The van der Waals surface area contributed by atoms with Crippen LogP contribution in [-0.2, 0) is 11.2 Å². The number of hydrogen-bond acceptors (Lipinski definition) is 2. The molecular weight excluding hydrogens is 176 g/mol. The van der Waals surface area contributed by atoms with E-state index in [1.807, 2.05) is 45.0 Å². The van der Waals surface area contributed by atoms with E-state index in [1.54, 1.807) is 0 Å². The maximum atomic E-state index is 10.3. The van der Waals surface area contributed by atoms with E-state index < -0.39 is 0 Å². The number of ether oxygens (including phenoxy) is 1. The molecule has 1 aromatic rings. The molecule has 0 spiro atoms. The van der Waals surface area contributed by atoms with Crippen molar-refractivity contribution in [3.05, 3.63) is 29.8 Å². The molecule has 0 aliphatic heterocycles. The van der Waals surface area contributed by atoms with Crippen molar-refractivity contribution in [2.45, 2.75) is 32.8 Å². The molecule has 0 unspecified atom stereocenters. The van der Waals surface area contributed by atoms with Crippen molar-refractivity contribution in [2.75, 3.05) is 0 Å². The molecule has 2 nitrogen and oxygen atoms in total. The summed E-state index contributed by atoms with van der Waals surface area (Å²) in [5.41, 5.74) is 0.841. The van der Waals surface area contributed by atoms with Crippen LogP contribution in [0.5, 0.6) is 5.75 Å². The summed E-state index contributed by atoms with van der Waals surface area (Å²) in [5.74, 6) is 0.840. The Labute approximate surface area is 84.9 Å². The minimum Gasteiger partial charge on any atom is -0.488 e. The van der Waals surface area contributed by atoms with Gasteiger partial charge in [0.05, 0.1) is 0 Å². The molecule has 0 radical (unpaired) electrons. The molecular formula is C12H16O2. The summed E-state index contributed by atoms with van der Waals surface area (Å²) in [7, 11) is 0. The minimum atomic E-state index is -0.174. The summed E-state index contributed by atoms with van der Waals surface area (Å²) in [6, 6.07) is 7.61. The smallest absolute Gasteiger partial charge is 0.124 e. The van der Waals surface area contributed by atoms with Crippen molar-refractivity contribution in [1.82, 2.24) is 0 Å². The number of benzene rings is 1. The van der Waals surface area contributed by atoms with Gasteiger partial charge in [-0.3, -0.25) is 0 Å². The molecule has 0 heterocycles. The SMILES string of the molecule is CC(C)(C)Oc1ccc(CC=O)cc1. The van der Waals surface area contributed by atoms with Crippen molar-refractivity contribution in [2.24, 2.45) is 0 Å². The zero-order valence-corrected chi connectivity index (χ0v) is 8.91. The Hall–Kier alpha value is -1.31. The van der Waals surface area contributed by atoms with Crippen LogP contribution in [0.4, 0.5) is 0 Å². The standard InChI is InChI=1S/C12H16O2/c1-12(2,3)14-11-6-4-10(5-7-11)8-9-13/h4-7,9H,8H2,1-3H3. The molecule has 0 N–H and O–H groups in total. The van der Waals surface area contributed by atoms with Crippen LogP contribution < -0.4 is 4.74 Å². The second kappa shape index (κ2) is 4.27. The highest BCUT2D eigenvalue weighted by Gasteiger charge is 2.10. The third-order valence-corrected chi connectivity index (χ3v) is 1.67. The summed E-state index contributed by atoms with van der Waals surface area (Å²) >= 11 is 0. The molecule has 0 atom stereocenters. The molecule has 0 aliphatic rings. The van der Waals surface area contributed by atoms with Gasteiger partial charge in [-0.05, 0) is 38.5 Å². The highest BCUT2D eigenvalue weighted by molar-refractivity contribution is 5.55. The highest BCUT2D eigenvalue weighted by atomic mass is 16.5. The molecule has 0 aromatic heterocycles. The normalized spacial score (nSPS) is 11.1. The van der Waals surface area contributed by atoms with E-state index in [4.69, 9.17) is 4.74 Å². The summed E-state index contributed by atoms with van der Waals surface area (Å²) in [6.07, 6.45) is 1.37. The fourth-order valence-electron chi connectivity index (χ4n) is 1.14. The van der Waals surface area contributed by atoms with Crippen LogP contribution in [-0.4, -0.2) is 11.9 Å². The average Bonchev–Trinajstić information content (AvgIpc) is 2.06. The van der Waals surface area contributed by atoms with Crippen LogP contribution in [0.1, 0.15) is 26.3 Å². The lowest BCUT2D eigenvalue weighted by Gasteiger charge is -2.21. The van der Waals surface area contributed by atoms with Crippen LogP contribution in [0.3, 0.4) is 0 Å². The fourth-order valence-corrected chi connectivity index (χ4v) is 1.14. The van der Waals surface area contributed by atoms with Gasteiger partial charge in [-0.15, -0.1) is 0 Å². The van der Waals surface area contributed by atoms with Crippen LogP contribution in [0, 0.1) is 0 Å². The fraction of sp³-hybridized carbons (Fsp3) is 0.417. The Bertz CT molecular complexity index is 293. The molecule has 0 saturated carbocycles. The largest absolute Gasteiger partial charge is 0.488 e. The maximum absolute atomic E-state index is 10.3. The van der Waals surface area contributed by atoms with E-state index in [1.165, 1.54) is 0 Å². The van der Waals surface area contributed by atoms with Crippen molar-refractivity contribution in [3.8, 4) is 5.75 Å². The Balaban J connectivity index is 2.68. The van der Waals surface area contributed by atoms with Crippen LogP contribution >= 0.6 is 0 Å². The molecule has 0 fully saturated rings. The second-order valence-corrected chi connectivity index (χ2v) is 4.23. The van der Waals surface area contributed by atoms with E-state index in [9.17, 15) is 4.79 Å². The molecule has 1 aromatic carbocycles. The lowest BCUT2D eigenvalue weighted by Crippen LogP contribution is -2.22. The highest BCUT2D eigenvalue weighted by Crippen LogP contribution is 2.18. The van der Waals surface area contributed by atoms with E-state index in [0.29, 0.717) is 6.42 Å². The van der Waals surface area contributed by atoms with Gasteiger partial charge in [-0.2, -0.15) is 0 Å². The summed E-state index contributed by atoms with van der Waals surface area (Å²) < 4.78 is 5.65. The average molecular weight is 192 g/mol. The first-order valence-electron chi connectivity index (χ1n) is 4.73. The third-order valence-electron chi connectivity index (χ3n) is 1.67. The van der Waals surface area contributed by atoms with Gasteiger partial charge in [0, 0.05) is 6.42 Å². The Morgan fingerprint density at radius 2 is 1.79 bits per heavy atom. The Morgan fingerprint density at radius 1 is 1.21 bits per heavy atom. The summed E-state index contributed by atoms with van der Waals surface area (Å²) in [6.45, 7) is 6.02. The van der Waals surface area contributed by atoms with Crippen molar-refractivity contribution < 1.29 is 9.53 Å². The summed E-state index contributed by atoms with van der Waals surface area (Å²) in [5, 5.41) is 0. The number of hydrogen-bond donors (Lipinski definition) is 0. The Morgan fingerprint density at radius 3 is 2.21 bits per heavy atom. The molecule has 0 amide bonds. The predicted molar refractivity (Wildman–Crippen MR) is 56.6 cm³/mol. The lowest BCUT2D eigenvalue weighted by atomic mass is 10.1. The zero-order chi connectivity index (χ0) is 10.6. The number of carbonyl (C=O) groups is 1. The van der Waals surface area contributed by atoms with Gasteiger partial charge in [0.15, 0.2) is 0 Å². The van der Waals surface area contributed by atoms with E-state index in [0.717, 1.165) is 17.6 Å². The topological polar surface area (TPSA) is 26.3 Å². The van der Waals surface area contributed by atoms with Gasteiger partial charge in [0.25, 0.3) is 0 Å². The Kier molecular flexibility index (Phi) is 3.28. The first-order chi connectivity index (χ1) is 6.51. The van der Waals surface area contributed by atoms with Crippen molar-refractivity contribution >= 4 is 6.29 Å². The van der Waals surface area contributed by atoms with Gasteiger partial charge in [0.2, 0.25) is 0 Å². The number of rotatable bonds is 3. The molecule has 0 bridgehead atoms. The molecule has 2 heteroatoms. The van der Waals surface area contributed by atoms with Crippen LogP contribution in [0.2, 0.25) is 0 Å². The zero-order valence-electron chi connectivity index (χ0n) is 8.91. The predicted octanol–water partition coefficient (Wildman–Crippen LogP) is 2.61. The minimum absolute atomic E-state index is 0.174. The molecule has 14 heavy (non-hydrogen) atoms. The molecule has 76 valence electrons. The maximum Gasteiger partial charge on any atom is 0.124 e. The number of carbonyl (C=O) groups excluding carboxylic acids is 1. The van der Waals surface area contributed by atoms with E-state index >= 15 is 0 Å². The van der Waals surface area contributed by atoms with Crippen LogP contribution in [0.15, 0.2) is 24.3 Å². The van der Waals surface area contributed by atoms with Gasteiger partial charge >= 0.3 is 0 Å². The molecule has 0 aliphatic carbocycles. The first kappa shape index (κ1) is 10.8. The van der Waals surface area contributed by atoms with E-state index in [2.05, 4.69) is 0 Å². The quantitative estimate of drug-likeness (QED) is 0.688. The number of aldehydes is 1. The molecule has 0 saturated heterocycles. The monoisotopic (exact) mass is 192 g/mol.